The molecule has 0 radical (unpaired) electrons. The number of thiazole rings is 1. The van der Waals surface area contributed by atoms with Crippen LogP contribution in [-0.2, 0) is 0 Å². The number of benzene rings is 2. The van der Waals surface area contributed by atoms with Gasteiger partial charge in [0.15, 0.2) is 11.5 Å². The summed E-state index contributed by atoms with van der Waals surface area (Å²) in [5, 5.41) is 10.9. The molecule has 1 aliphatic carbocycles. The Kier molecular flexibility index (Phi) is 6.72. The number of rotatable bonds is 9. The van der Waals surface area contributed by atoms with Crippen molar-refractivity contribution in [1.82, 2.24) is 9.88 Å². The van der Waals surface area contributed by atoms with Gasteiger partial charge in [-0.1, -0.05) is 24.3 Å². The van der Waals surface area contributed by atoms with Crippen molar-refractivity contribution in [3.05, 3.63) is 65.0 Å². The van der Waals surface area contributed by atoms with Gasteiger partial charge in [-0.05, 0) is 42.5 Å². The summed E-state index contributed by atoms with van der Waals surface area (Å²) in [6.45, 7) is 0.622. The van der Waals surface area contributed by atoms with Crippen LogP contribution in [0.2, 0.25) is 0 Å². The maximum Gasteiger partial charge on any atom is 0.274 e. The Morgan fingerprint density at radius 1 is 1.22 bits per heavy atom. The number of amides is 1. The van der Waals surface area contributed by atoms with Crippen LogP contribution in [-0.4, -0.2) is 48.2 Å². The van der Waals surface area contributed by atoms with E-state index in [9.17, 15) is 14.3 Å². The first-order valence-electron chi connectivity index (χ1n) is 10.4. The highest BCUT2D eigenvalue weighted by Crippen LogP contribution is 2.35. The Hall–Kier alpha value is -2.97. The Labute approximate surface area is 190 Å². The minimum atomic E-state index is -0.923. The SMILES string of the molecule is COc1ccc(C(O)CN(CC2CC2)C(=O)c2ncsc2-c2ccccc2F)cc1OC. The molecule has 1 aliphatic rings. The Bertz CT molecular complexity index is 1100. The molecule has 1 heterocycles. The largest absolute Gasteiger partial charge is 0.493 e. The Morgan fingerprint density at radius 3 is 2.66 bits per heavy atom. The summed E-state index contributed by atoms with van der Waals surface area (Å²) < 4.78 is 25.0. The summed E-state index contributed by atoms with van der Waals surface area (Å²) >= 11 is 1.23. The molecule has 4 rings (SSSR count). The van der Waals surface area contributed by atoms with Gasteiger partial charge >= 0.3 is 0 Å². The van der Waals surface area contributed by atoms with Gasteiger partial charge in [-0.15, -0.1) is 11.3 Å². The predicted molar refractivity (Wildman–Crippen MR) is 121 cm³/mol. The normalized spacial score (nSPS) is 14.1. The summed E-state index contributed by atoms with van der Waals surface area (Å²) in [4.78, 5) is 19.8. The smallest absolute Gasteiger partial charge is 0.274 e. The van der Waals surface area contributed by atoms with Crippen LogP contribution in [0.15, 0.2) is 48.0 Å². The van der Waals surface area contributed by atoms with Crippen LogP contribution in [0, 0.1) is 11.7 Å². The van der Waals surface area contributed by atoms with Gasteiger partial charge in [-0.2, -0.15) is 0 Å². The molecule has 0 saturated heterocycles. The summed E-state index contributed by atoms with van der Waals surface area (Å²) in [7, 11) is 3.08. The molecular formula is C24H25FN2O4S. The fraction of sp³-hybridized carbons (Fsp3) is 0.333. The number of halogens is 1. The zero-order valence-electron chi connectivity index (χ0n) is 18.0. The Balaban J connectivity index is 1.59. The number of methoxy groups -OCH3 is 2. The van der Waals surface area contributed by atoms with E-state index in [4.69, 9.17) is 9.47 Å². The fourth-order valence-electron chi connectivity index (χ4n) is 3.61. The lowest BCUT2D eigenvalue weighted by Gasteiger charge is -2.26. The second-order valence-corrected chi connectivity index (χ2v) is 8.65. The minimum absolute atomic E-state index is 0.0963. The van der Waals surface area contributed by atoms with Crippen molar-refractivity contribution in [3.63, 3.8) is 0 Å². The van der Waals surface area contributed by atoms with Gasteiger partial charge in [0.2, 0.25) is 0 Å². The number of aliphatic hydroxyl groups excluding tert-OH is 1. The average Bonchev–Trinajstić information content (AvgIpc) is 3.50. The van der Waals surface area contributed by atoms with Gasteiger partial charge in [0.25, 0.3) is 5.91 Å². The van der Waals surface area contributed by atoms with Crippen molar-refractivity contribution >= 4 is 17.2 Å². The number of aliphatic hydroxyl groups is 1. The maximum atomic E-state index is 14.4. The van der Waals surface area contributed by atoms with E-state index in [2.05, 4.69) is 4.98 Å². The molecular weight excluding hydrogens is 431 g/mol. The van der Waals surface area contributed by atoms with Gasteiger partial charge < -0.3 is 19.5 Å². The molecule has 1 unspecified atom stereocenters. The van der Waals surface area contributed by atoms with Crippen molar-refractivity contribution in [1.29, 1.82) is 0 Å². The second-order valence-electron chi connectivity index (χ2n) is 7.79. The lowest BCUT2D eigenvalue weighted by molar-refractivity contribution is 0.0606. The molecule has 1 saturated carbocycles. The molecule has 2 aromatic carbocycles. The van der Waals surface area contributed by atoms with E-state index < -0.39 is 11.9 Å². The maximum absolute atomic E-state index is 14.4. The van der Waals surface area contributed by atoms with Crippen LogP contribution in [0.3, 0.4) is 0 Å². The highest BCUT2D eigenvalue weighted by atomic mass is 32.1. The monoisotopic (exact) mass is 456 g/mol. The minimum Gasteiger partial charge on any atom is -0.493 e. The highest BCUT2D eigenvalue weighted by molar-refractivity contribution is 7.13. The molecule has 6 nitrogen and oxygen atoms in total. The van der Waals surface area contributed by atoms with Crippen molar-refractivity contribution in [2.75, 3.05) is 27.3 Å². The van der Waals surface area contributed by atoms with E-state index in [0.29, 0.717) is 40.0 Å². The quantitative estimate of drug-likeness (QED) is 0.511. The third-order valence-electron chi connectivity index (χ3n) is 5.54. The van der Waals surface area contributed by atoms with Crippen molar-refractivity contribution in [2.24, 2.45) is 5.92 Å². The van der Waals surface area contributed by atoms with Gasteiger partial charge in [-0.3, -0.25) is 4.79 Å². The van der Waals surface area contributed by atoms with Crippen molar-refractivity contribution in [2.45, 2.75) is 18.9 Å². The first-order chi connectivity index (χ1) is 15.5. The Morgan fingerprint density at radius 2 is 1.97 bits per heavy atom. The molecule has 8 heteroatoms. The molecule has 0 aliphatic heterocycles. The lowest BCUT2D eigenvalue weighted by atomic mass is 10.1. The van der Waals surface area contributed by atoms with Gasteiger partial charge in [0.05, 0.1) is 37.3 Å². The molecule has 1 N–H and O–H groups in total. The van der Waals surface area contributed by atoms with Crippen LogP contribution >= 0.6 is 11.3 Å². The lowest BCUT2D eigenvalue weighted by Crippen LogP contribution is -2.37. The summed E-state index contributed by atoms with van der Waals surface area (Å²) in [5.74, 6) is 0.768. The van der Waals surface area contributed by atoms with E-state index in [1.165, 1.54) is 24.5 Å². The number of carbonyl (C=O) groups is 1. The van der Waals surface area contributed by atoms with Crippen LogP contribution in [0.5, 0.6) is 11.5 Å². The number of hydrogen-bond donors (Lipinski definition) is 1. The average molecular weight is 457 g/mol. The molecule has 0 spiro atoms. The first kappa shape index (κ1) is 22.2. The second kappa shape index (κ2) is 9.67. The number of hydrogen-bond acceptors (Lipinski definition) is 6. The number of nitrogens with zero attached hydrogens (tertiary/aromatic N) is 2. The molecule has 32 heavy (non-hydrogen) atoms. The molecule has 0 bridgehead atoms. The van der Waals surface area contributed by atoms with Gasteiger partial charge in [0, 0.05) is 12.1 Å². The van der Waals surface area contributed by atoms with E-state index in [-0.39, 0.29) is 18.1 Å². The molecule has 1 fully saturated rings. The third kappa shape index (κ3) is 4.76. The predicted octanol–water partition coefficient (Wildman–Crippen LogP) is 4.55. The van der Waals surface area contributed by atoms with Gasteiger partial charge in [-0.25, -0.2) is 9.37 Å². The molecule has 1 aromatic heterocycles. The fourth-order valence-corrected chi connectivity index (χ4v) is 4.42. The van der Waals surface area contributed by atoms with Crippen molar-refractivity contribution in [3.8, 4) is 21.9 Å². The summed E-state index contributed by atoms with van der Waals surface area (Å²) in [6, 6.07) is 11.5. The topological polar surface area (TPSA) is 71.9 Å². The molecule has 168 valence electrons. The zero-order chi connectivity index (χ0) is 22.7. The van der Waals surface area contributed by atoms with Crippen LogP contribution in [0.4, 0.5) is 4.39 Å². The third-order valence-corrected chi connectivity index (χ3v) is 6.40. The number of carbonyl (C=O) groups excluding carboxylic acids is 1. The van der Waals surface area contributed by atoms with E-state index >= 15 is 0 Å². The summed E-state index contributed by atoms with van der Waals surface area (Å²) in [6.07, 6.45) is 1.18. The molecule has 1 amide bonds. The van der Waals surface area contributed by atoms with Crippen LogP contribution in [0.25, 0.3) is 10.4 Å². The molecule has 1 atom stereocenters. The van der Waals surface area contributed by atoms with E-state index in [1.54, 1.807) is 53.9 Å². The molecule has 3 aromatic rings. The van der Waals surface area contributed by atoms with Crippen LogP contribution < -0.4 is 9.47 Å². The van der Waals surface area contributed by atoms with Crippen molar-refractivity contribution < 1.29 is 23.8 Å². The highest BCUT2D eigenvalue weighted by Gasteiger charge is 2.31. The number of ether oxygens (including phenoxy) is 2. The first-order valence-corrected chi connectivity index (χ1v) is 11.3. The van der Waals surface area contributed by atoms with E-state index in [0.717, 1.165) is 12.8 Å². The number of aromatic nitrogens is 1. The summed E-state index contributed by atoms with van der Waals surface area (Å²) in [5.41, 5.74) is 2.73. The van der Waals surface area contributed by atoms with Crippen LogP contribution in [0.1, 0.15) is 35.0 Å². The van der Waals surface area contributed by atoms with Gasteiger partial charge in [0.1, 0.15) is 11.5 Å². The standard InChI is InChI=1S/C24H25FN2O4S/c1-30-20-10-9-16(11-21(20)31-2)19(28)13-27(12-15-7-8-15)24(29)22-23(32-14-26-22)17-5-3-4-6-18(17)25/h3-6,9-11,14-15,19,28H,7-8,12-13H2,1-2H3. The van der Waals surface area contributed by atoms with E-state index in [1.807, 2.05) is 0 Å². The zero-order valence-corrected chi connectivity index (χ0v) is 18.8.